The van der Waals surface area contributed by atoms with E-state index in [9.17, 15) is 4.79 Å². The summed E-state index contributed by atoms with van der Waals surface area (Å²) in [5.74, 6) is 0.457. The summed E-state index contributed by atoms with van der Waals surface area (Å²) < 4.78 is 5.69. The van der Waals surface area contributed by atoms with Gasteiger partial charge in [-0.25, -0.2) is 0 Å². The molecule has 0 heterocycles. The minimum atomic E-state index is -0.0793. The van der Waals surface area contributed by atoms with Gasteiger partial charge in [0, 0.05) is 0 Å². The molecule has 0 radical (unpaired) electrons. The van der Waals surface area contributed by atoms with Crippen molar-refractivity contribution in [3.8, 4) is 0 Å². The van der Waals surface area contributed by atoms with Crippen LogP contribution in [-0.4, -0.2) is 12.6 Å². The first-order chi connectivity index (χ1) is 14.2. The summed E-state index contributed by atoms with van der Waals surface area (Å²) in [6, 6.07) is 8.17. The molecule has 0 N–H and O–H groups in total. The zero-order valence-corrected chi connectivity index (χ0v) is 19.5. The lowest BCUT2D eigenvalue weighted by atomic mass is 9.95. The molecule has 0 fully saturated rings. The van der Waals surface area contributed by atoms with Crippen molar-refractivity contribution in [2.75, 3.05) is 6.61 Å². The lowest BCUT2D eigenvalue weighted by molar-refractivity contribution is -0.144. The number of benzene rings is 1. The van der Waals surface area contributed by atoms with Crippen molar-refractivity contribution in [2.45, 2.75) is 117 Å². The third kappa shape index (κ3) is 14.3. The molecule has 2 nitrogen and oxygen atoms in total. The van der Waals surface area contributed by atoms with Crippen molar-refractivity contribution in [3.05, 3.63) is 35.4 Å². The summed E-state index contributed by atoms with van der Waals surface area (Å²) in [4.78, 5) is 12.3. The Morgan fingerprint density at radius 2 is 1.24 bits per heavy atom. The number of hydrogen-bond donors (Lipinski definition) is 0. The highest BCUT2D eigenvalue weighted by molar-refractivity contribution is 5.72. The second kappa shape index (κ2) is 17.5. The summed E-state index contributed by atoms with van der Waals surface area (Å²) in [5, 5.41) is 0. The monoisotopic (exact) mass is 402 g/mol. The molecule has 0 spiro atoms. The Labute approximate surface area is 180 Å². The van der Waals surface area contributed by atoms with Gasteiger partial charge in [-0.05, 0) is 31.2 Å². The predicted octanol–water partition coefficient (Wildman–Crippen LogP) is 8.20. The van der Waals surface area contributed by atoms with Gasteiger partial charge < -0.3 is 4.74 Å². The summed E-state index contributed by atoms with van der Waals surface area (Å²) in [5.41, 5.74) is 2.27. The molecule has 0 saturated carbocycles. The Hall–Kier alpha value is -1.31. The Morgan fingerprint density at radius 1 is 0.759 bits per heavy atom. The first-order valence-corrected chi connectivity index (χ1v) is 12.4. The highest BCUT2D eigenvalue weighted by Crippen LogP contribution is 2.20. The van der Waals surface area contributed by atoms with Gasteiger partial charge in [-0.1, -0.05) is 121 Å². The molecule has 1 rings (SSSR count). The van der Waals surface area contributed by atoms with Crippen LogP contribution in [0.25, 0.3) is 0 Å². The van der Waals surface area contributed by atoms with E-state index >= 15 is 0 Å². The van der Waals surface area contributed by atoms with Gasteiger partial charge in [0.15, 0.2) is 0 Å². The fourth-order valence-corrected chi connectivity index (χ4v) is 3.87. The highest BCUT2D eigenvalue weighted by Gasteiger charge is 2.13. The van der Waals surface area contributed by atoms with E-state index in [1.54, 1.807) is 0 Å². The number of carbonyl (C=O) groups is 1. The summed E-state index contributed by atoms with van der Waals surface area (Å²) in [6.45, 7) is 7.20. The van der Waals surface area contributed by atoms with Crippen LogP contribution < -0.4 is 0 Å². The standard InChI is InChI=1S/C27H46O2/c1-4-6-8-10-11-13-15-17-26(16-14-12-9-7-5-2)23-29-27(28)22-25-20-18-24(3)19-21-25/h18-21,26H,4-17,22-23H2,1-3H3. The molecule has 166 valence electrons. The van der Waals surface area contributed by atoms with Gasteiger partial charge >= 0.3 is 5.97 Å². The molecule has 1 atom stereocenters. The smallest absolute Gasteiger partial charge is 0.310 e. The van der Waals surface area contributed by atoms with E-state index in [0.29, 0.717) is 18.9 Å². The average molecular weight is 403 g/mol. The molecule has 2 heteroatoms. The molecule has 29 heavy (non-hydrogen) atoms. The first-order valence-electron chi connectivity index (χ1n) is 12.4. The van der Waals surface area contributed by atoms with Crippen molar-refractivity contribution < 1.29 is 9.53 Å². The molecule has 1 aromatic rings. The van der Waals surface area contributed by atoms with Gasteiger partial charge in [0.1, 0.15) is 0 Å². The molecule has 1 aromatic carbocycles. The summed E-state index contributed by atoms with van der Waals surface area (Å²) in [7, 11) is 0. The first kappa shape index (κ1) is 25.7. The minimum Gasteiger partial charge on any atom is -0.465 e. The van der Waals surface area contributed by atoms with Crippen LogP contribution in [-0.2, 0) is 16.0 Å². The van der Waals surface area contributed by atoms with Gasteiger partial charge in [0.05, 0.1) is 13.0 Å². The van der Waals surface area contributed by atoms with Gasteiger partial charge in [-0.15, -0.1) is 0 Å². The number of carbonyl (C=O) groups excluding carboxylic acids is 1. The van der Waals surface area contributed by atoms with Crippen LogP contribution in [0.2, 0.25) is 0 Å². The van der Waals surface area contributed by atoms with Crippen molar-refractivity contribution in [3.63, 3.8) is 0 Å². The zero-order valence-electron chi connectivity index (χ0n) is 19.5. The maximum atomic E-state index is 12.3. The summed E-state index contributed by atoms with van der Waals surface area (Å²) >= 11 is 0. The second-order valence-corrected chi connectivity index (χ2v) is 8.82. The Balaban J connectivity index is 2.30. The van der Waals surface area contributed by atoms with Crippen LogP contribution in [0.1, 0.15) is 115 Å². The highest BCUT2D eigenvalue weighted by atomic mass is 16.5. The molecular weight excluding hydrogens is 356 g/mol. The van der Waals surface area contributed by atoms with Gasteiger partial charge in [0.25, 0.3) is 0 Å². The van der Waals surface area contributed by atoms with Gasteiger partial charge in [0.2, 0.25) is 0 Å². The fourth-order valence-electron chi connectivity index (χ4n) is 3.87. The summed E-state index contributed by atoms with van der Waals surface area (Å²) in [6.07, 6.45) is 18.8. The fraction of sp³-hybridized carbons (Fsp3) is 0.741. The number of unbranched alkanes of at least 4 members (excludes halogenated alkanes) is 10. The molecule has 0 aliphatic heterocycles. The van der Waals surface area contributed by atoms with E-state index in [1.807, 2.05) is 12.1 Å². The van der Waals surface area contributed by atoms with Crippen molar-refractivity contribution >= 4 is 5.97 Å². The van der Waals surface area contributed by atoms with Crippen LogP contribution in [0.3, 0.4) is 0 Å². The van der Waals surface area contributed by atoms with E-state index in [2.05, 4.69) is 32.9 Å². The average Bonchev–Trinajstić information content (AvgIpc) is 2.72. The Kier molecular flexibility index (Phi) is 15.6. The van der Waals surface area contributed by atoms with E-state index in [1.165, 1.54) is 95.5 Å². The Bertz CT molecular complexity index is 506. The van der Waals surface area contributed by atoms with Crippen LogP contribution in [0, 0.1) is 12.8 Å². The molecule has 0 aliphatic carbocycles. The molecular formula is C27H46O2. The van der Waals surface area contributed by atoms with Crippen molar-refractivity contribution in [2.24, 2.45) is 5.92 Å². The Morgan fingerprint density at radius 3 is 1.76 bits per heavy atom. The number of ether oxygens (including phenoxy) is 1. The zero-order chi connectivity index (χ0) is 21.2. The number of hydrogen-bond acceptors (Lipinski definition) is 2. The predicted molar refractivity (Wildman–Crippen MR) is 125 cm³/mol. The van der Waals surface area contributed by atoms with Crippen molar-refractivity contribution in [1.29, 1.82) is 0 Å². The van der Waals surface area contributed by atoms with Gasteiger partial charge in [-0.3, -0.25) is 4.79 Å². The maximum absolute atomic E-state index is 12.3. The largest absolute Gasteiger partial charge is 0.465 e. The van der Waals surface area contributed by atoms with Crippen LogP contribution in [0.15, 0.2) is 24.3 Å². The van der Waals surface area contributed by atoms with Crippen LogP contribution in [0.5, 0.6) is 0 Å². The topological polar surface area (TPSA) is 26.3 Å². The third-order valence-electron chi connectivity index (χ3n) is 5.88. The minimum absolute atomic E-state index is 0.0793. The third-order valence-corrected chi connectivity index (χ3v) is 5.88. The maximum Gasteiger partial charge on any atom is 0.310 e. The molecule has 1 unspecified atom stereocenters. The van der Waals surface area contributed by atoms with E-state index in [-0.39, 0.29) is 5.97 Å². The molecule has 0 bridgehead atoms. The van der Waals surface area contributed by atoms with E-state index in [4.69, 9.17) is 4.74 Å². The molecule has 0 amide bonds. The lowest BCUT2D eigenvalue weighted by Gasteiger charge is -2.17. The molecule has 0 aromatic heterocycles. The molecule has 0 aliphatic rings. The lowest BCUT2D eigenvalue weighted by Crippen LogP contribution is -2.16. The van der Waals surface area contributed by atoms with Crippen LogP contribution >= 0.6 is 0 Å². The quantitative estimate of drug-likeness (QED) is 0.183. The molecule has 0 saturated heterocycles. The number of rotatable bonds is 18. The SMILES string of the molecule is CCCCCCCCCC(CCCCCCC)COC(=O)Cc1ccc(C)cc1. The number of esters is 1. The van der Waals surface area contributed by atoms with Crippen molar-refractivity contribution in [1.82, 2.24) is 0 Å². The van der Waals surface area contributed by atoms with E-state index < -0.39 is 0 Å². The number of aryl methyl sites for hydroxylation is 1. The van der Waals surface area contributed by atoms with E-state index in [0.717, 1.165) is 5.56 Å². The normalized spacial score (nSPS) is 12.1. The van der Waals surface area contributed by atoms with Gasteiger partial charge in [-0.2, -0.15) is 0 Å². The van der Waals surface area contributed by atoms with Crippen LogP contribution in [0.4, 0.5) is 0 Å². The second-order valence-electron chi connectivity index (χ2n) is 8.82.